The van der Waals surface area contributed by atoms with E-state index in [4.69, 9.17) is 9.47 Å². The van der Waals surface area contributed by atoms with Crippen LogP contribution in [0.2, 0.25) is 0 Å². The van der Waals surface area contributed by atoms with Crippen LogP contribution >= 0.6 is 0 Å². The molecule has 1 atom stereocenters. The van der Waals surface area contributed by atoms with Gasteiger partial charge in [0, 0.05) is 18.7 Å². The summed E-state index contributed by atoms with van der Waals surface area (Å²) in [6.45, 7) is 0.636. The van der Waals surface area contributed by atoms with Gasteiger partial charge in [-0.3, -0.25) is 4.79 Å². The molecule has 9 heteroatoms. The molecule has 1 aromatic carbocycles. The lowest BCUT2D eigenvalue weighted by molar-refractivity contribution is -0.132. The van der Waals surface area contributed by atoms with Crippen LogP contribution in [0.25, 0.3) is 0 Å². The molecule has 1 saturated heterocycles. The second kappa shape index (κ2) is 9.13. The molecule has 0 bridgehead atoms. The van der Waals surface area contributed by atoms with E-state index in [0.717, 1.165) is 37.6 Å². The van der Waals surface area contributed by atoms with Gasteiger partial charge in [-0.2, -0.15) is 4.98 Å². The van der Waals surface area contributed by atoms with Gasteiger partial charge in [0.15, 0.2) is 5.82 Å². The first-order valence-corrected chi connectivity index (χ1v) is 9.17. The summed E-state index contributed by atoms with van der Waals surface area (Å²) in [5, 5.41) is 3.13. The highest BCUT2D eigenvalue weighted by atomic mass is 19.1. The summed E-state index contributed by atoms with van der Waals surface area (Å²) in [4.78, 5) is 17.9. The summed E-state index contributed by atoms with van der Waals surface area (Å²) in [5.41, 5.74) is 0.573. The van der Waals surface area contributed by atoms with E-state index in [1.807, 2.05) is 0 Å². The first-order valence-electron chi connectivity index (χ1n) is 9.17. The molecule has 2 heterocycles. The standard InChI is InChI=1S/C20H22F3N3O3/c1-26(20(27)17-4-3-5-24-17)10-13-8-16(23)19(25-18(13)28-2)29-11-12-6-14(21)9-15(22)7-12/h6-9,17,24H,3-5,10-11H2,1-2H3. The van der Waals surface area contributed by atoms with Crippen LogP contribution in [-0.4, -0.2) is 42.5 Å². The van der Waals surface area contributed by atoms with E-state index in [1.54, 1.807) is 7.05 Å². The average Bonchev–Trinajstić information content (AvgIpc) is 3.20. The molecular formula is C20H22F3N3O3. The van der Waals surface area contributed by atoms with Crippen LogP contribution < -0.4 is 14.8 Å². The predicted molar refractivity (Wildman–Crippen MR) is 98.9 cm³/mol. The molecule has 3 rings (SSSR count). The second-order valence-corrected chi connectivity index (χ2v) is 6.85. The molecule has 1 aliphatic heterocycles. The van der Waals surface area contributed by atoms with Crippen molar-refractivity contribution in [3.63, 3.8) is 0 Å². The fourth-order valence-corrected chi connectivity index (χ4v) is 3.23. The first kappa shape index (κ1) is 20.9. The van der Waals surface area contributed by atoms with E-state index < -0.39 is 17.5 Å². The van der Waals surface area contributed by atoms with E-state index in [9.17, 15) is 18.0 Å². The lowest BCUT2D eigenvalue weighted by Gasteiger charge is -2.22. The number of carbonyl (C=O) groups excluding carboxylic acids is 1. The van der Waals surface area contributed by atoms with Crippen molar-refractivity contribution < 1.29 is 27.4 Å². The summed E-state index contributed by atoms with van der Waals surface area (Å²) in [7, 11) is 3.00. The number of amides is 1. The van der Waals surface area contributed by atoms with Gasteiger partial charge in [0.25, 0.3) is 5.88 Å². The molecule has 1 amide bonds. The SMILES string of the molecule is COc1nc(OCc2cc(F)cc(F)c2)c(F)cc1CN(C)C(=O)C1CCCN1. The predicted octanol–water partition coefficient (Wildman–Crippen LogP) is 2.80. The van der Waals surface area contributed by atoms with Crippen molar-refractivity contribution in [2.24, 2.45) is 0 Å². The minimum absolute atomic E-state index is 0.0848. The highest BCUT2D eigenvalue weighted by Gasteiger charge is 2.26. The summed E-state index contributed by atoms with van der Waals surface area (Å²) in [6.07, 6.45) is 1.70. The Labute approximate surface area is 166 Å². The van der Waals surface area contributed by atoms with Crippen molar-refractivity contribution in [1.29, 1.82) is 0 Å². The van der Waals surface area contributed by atoms with Crippen molar-refractivity contribution in [1.82, 2.24) is 15.2 Å². The van der Waals surface area contributed by atoms with Crippen LogP contribution in [0.3, 0.4) is 0 Å². The molecule has 0 saturated carbocycles. The second-order valence-electron chi connectivity index (χ2n) is 6.85. The Kier molecular flexibility index (Phi) is 6.58. The van der Waals surface area contributed by atoms with Crippen LogP contribution in [0.1, 0.15) is 24.0 Å². The number of nitrogens with zero attached hydrogens (tertiary/aromatic N) is 2. The fraction of sp³-hybridized carbons (Fsp3) is 0.400. The van der Waals surface area contributed by atoms with E-state index in [0.29, 0.717) is 5.56 Å². The molecule has 0 aliphatic carbocycles. The zero-order chi connectivity index (χ0) is 21.0. The fourth-order valence-electron chi connectivity index (χ4n) is 3.23. The Morgan fingerprint density at radius 1 is 1.21 bits per heavy atom. The van der Waals surface area contributed by atoms with Gasteiger partial charge in [0.1, 0.15) is 18.2 Å². The van der Waals surface area contributed by atoms with Crippen molar-refractivity contribution in [2.45, 2.75) is 32.0 Å². The van der Waals surface area contributed by atoms with E-state index in [2.05, 4.69) is 10.3 Å². The maximum atomic E-state index is 14.5. The van der Waals surface area contributed by atoms with E-state index >= 15 is 0 Å². The van der Waals surface area contributed by atoms with Gasteiger partial charge in [0.05, 0.1) is 19.7 Å². The number of rotatable bonds is 7. The quantitative estimate of drug-likeness (QED) is 0.762. The molecule has 1 unspecified atom stereocenters. The number of halogens is 3. The van der Waals surface area contributed by atoms with Gasteiger partial charge in [-0.1, -0.05) is 0 Å². The average molecular weight is 409 g/mol. The number of likely N-dealkylation sites (N-methyl/N-ethyl adjacent to an activating group) is 1. The first-order chi connectivity index (χ1) is 13.9. The Bertz CT molecular complexity index is 869. The molecule has 1 N–H and O–H groups in total. The number of carbonyl (C=O) groups is 1. The highest BCUT2D eigenvalue weighted by Crippen LogP contribution is 2.26. The van der Waals surface area contributed by atoms with Gasteiger partial charge in [-0.15, -0.1) is 0 Å². The molecule has 2 aromatic rings. The van der Waals surface area contributed by atoms with Crippen molar-refractivity contribution >= 4 is 5.91 Å². The molecule has 0 radical (unpaired) electrons. The summed E-state index contributed by atoms with van der Waals surface area (Å²) < 4.78 is 51.5. The molecule has 1 fully saturated rings. The third-order valence-corrected chi connectivity index (χ3v) is 4.62. The summed E-state index contributed by atoms with van der Waals surface area (Å²) in [6, 6.07) is 3.85. The molecule has 156 valence electrons. The van der Waals surface area contributed by atoms with Crippen LogP contribution in [-0.2, 0) is 17.9 Å². The van der Waals surface area contributed by atoms with Gasteiger partial charge in [-0.05, 0) is 43.1 Å². The maximum Gasteiger partial charge on any atom is 0.254 e. The van der Waals surface area contributed by atoms with E-state index in [-0.39, 0.29) is 42.4 Å². The molecule has 1 aromatic heterocycles. The van der Waals surface area contributed by atoms with Crippen LogP contribution in [0, 0.1) is 17.5 Å². The van der Waals surface area contributed by atoms with Gasteiger partial charge < -0.3 is 19.7 Å². The number of pyridine rings is 1. The Morgan fingerprint density at radius 2 is 1.93 bits per heavy atom. The van der Waals surface area contributed by atoms with Crippen molar-refractivity contribution in [2.75, 3.05) is 20.7 Å². The molecule has 0 spiro atoms. The summed E-state index contributed by atoms with van der Waals surface area (Å²) >= 11 is 0. The number of methoxy groups -OCH3 is 1. The van der Waals surface area contributed by atoms with Crippen molar-refractivity contribution in [3.05, 3.63) is 52.8 Å². The van der Waals surface area contributed by atoms with Gasteiger partial charge in [-0.25, -0.2) is 13.2 Å². The third-order valence-electron chi connectivity index (χ3n) is 4.62. The van der Waals surface area contributed by atoms with Gasteiger partial charge in [0.2, 0.25) is 11.8 Å². The van der Waals surface area contributed by atoms with Crippen LogP contribution in [0.4, 0.5) is 13.2 Å². The number of hydrogen-bond acceptors (Lipinski definition) is 5. The minimum atomic E-state index is -0.766. The van der Waals surface area contributed by atoms with Crippen molar-refractivity contribution in [3.8, 4) is 11.8 Å². The van der Waals surface area contributed by atoms with E-state index in [1.165, 1.54) is 18.1 Å². The normalized spacial score (nSPS) is 16.0. The van der Waals surface area contributed by atoms with Crippen LogP contribution in [0.5, 0.6) is 11.8 Å². The number of aromatic nitrogens is 1. The molecule has 1 aliphatic rings. The molecule has 6 nitrogen and oxygen atoms in total. The molecular weight excluding hydrogens is 387 g/mol. The minimum Gasteiger partial charge on any atom is -0.481 e. The third kappa shape index (κ3) is 5.17. The Balaban J connectivity index is 1.72. The smallest absolute Gasteiger partial charge is 0.254 e. The zero-order valence-corrected chi connectivity index (χ0v) is 16.2. The number of ether oxygens (including phenoxy) is 2. The zero-order valence-electron chi connectivity index (χ0n) is 16.2. The lowest BCUT2D eigenvalue weighted by Crippen LogP contribution is -2.41. The topological polar surface area (TPSA) is 63.7 Å². The Hall–Kier alpha value is -2.81. The number of benzene rings is 1. The number of nitrogens with one attached hydrogen (secondary N) is 1. The Morgan fingerprint density at radius 3 is 2.55 bits per heavy atom. The molecule has 29 heavy (non-hydrogen) atoms. The van der Waals surface area contributed by atoms with Gasteiger partial charge >= 0.3 is 0 Å². The number of hydrogen-bond donors (Lipinski definition) is 1. The maximum absolute atomic E-state index is 14.5. The highest BCUT2D eigenvalue weighted by molar-refractivity contribution is 5.82. The lowest BCUT2D eigenvalue weighted by atomic mass is 10.2. The largest absolute Gasteiger partial charge is 0.481 e. The monoisotopic (exact) mass is 409 g/mol. The van der Waals surface area contributed by atoms with Crippen LogP contribution in [0.15, 0.2) is 24.3 Å². The summed E-state index contributed by atoms with van der Waals surface area (Å²) in [5.74, 6) is -2.62.